The molecule has 4 nitrogen and oxygen atoms in total. The van der Waals surface area contributed by atoms with Gasteiger partial charge in [-0.25, -0.2) is 4.79 Å². The lowest BCUT2D eigenvalue weighted by molar-refractivity contribution is -0.130. The molecule has 0 aliphatic heterocycles. The van der Waals surface area contributed by atoms with Gasteiger partial charge in [0.1, 0.15) is 6.61 Å². The third kappa shape index (κ3) is 4.13. The molecule has 0 radical (unpaired) electrons. The minimum Gasteiger partial charge on any atom is -0.493 e. The summed E-state index contributed by atoms with van der Waals surface area (Å²) in [5, 5.41) is 11.4. The largest absolute Gasteiger partial charge is 0.493 e. The Kier molecular flexibility index (Phi) is 5.71. The highest BCUT2D eigenvalue weighted by molar-refractivity contribution is 7.11. The smallest absolute Gasteiger partial charge is 0.337 e. The first-order valence-corrected chi connectivity index (χ1v) is 8.89. The molecule has 0 fully saturated rings. The number of hydrogen-bond acceptors (Lipinski definition) is 4. The van der Waals surface area contributed by atoms with Crippen molar-refractivity contribution >= 4 is 29.0 Å². The fourth-order valence-electron chi connectivity index (χ4n) is 2.52. The van der Waals surface area contributed by atoms with Gasteiger partial charge in [-0.2, -0.15) is 0 Å². The van der Waals surface area contributed by atoms with E-state index in [0.29, 0.717) is 28.5 Å². The Morgan fingerprint density at radius 2 is 1.88 bits per heavy atom. The van der Waals surface area contributed by atoms with Crippen molar-refractivity contribution in [2.24, 2.45) is 0 Å². The Hall–Kier alpha value is -3.05. The summed E-state index contributed by atoms with van der Waals surface area (Å²) in [6.07, 6.45) is 1.62. The second kappa shape index (κ2) is 8.36. The molecule has 0 atom stereocenters. The van der Waals surface area contributed by atoms with Crippen molar-refractivity contribution in [2.45, 2.75) is 6.61 Å². The van der Waals surface area contributed by atoms with Gasteiger partial charge < -0.3 is 14.6 Å². The summed E-state index contributed by atoms with van der Waals surface area (Å²) in [5.74, 6) is 0.101. The van der Waals surface area contributed by atoms with Gasteiger partial charge in [0.2, 0.25) is 0 Å². The van der Waals surface area contributed by atoms with Gasteiger partial charge in [0, 0.05) is 10.4 Å². The van der Waals surface area contributed by atoms with E-state index in [1.807, 2.05) is 53.9 Å². The average Bonchev–Trinajstić information content (AvgIpc) is 3.19. The van der Waals surface area contributed by atoms with Crippen LogP contribution in [0.5, 0.6) is 11.5 Å². The predicted molar refractivity (Wildman–Crippen MR) is 104 cm³/mol. The summed E-state index contributed by atoms with van der Waals surface area (Å²) in [6.45, 7) is 0.365. The van der Waals surface area contributed by atoms with Crippen LogP contribution in [0.4, 0.5) is 0 Å². The Morgan fingerprint density at radius 3 is 2.54 bits per heavy atom. The summed E-state index contributed by atoms with van der Waals surface area (Å²) in [6, 6.07) is 18.8. The van der Waals surface area contributed by atoms with Gasteiger partial charge in [0.25, 0.3) is 0 Å². The molecule has 0 amide bonds. The molecule has 0 saturated carbocycles. The van der Waals surface area contributed by atoms with E-state index in [-0.39, 0.29) is 5.57 Å². The summed E-state index contributed by atoms with van der Waals surface area (Å²) >= 11 is 1.38. The fraction of sp³-hybridized carbons (Fsp3) is 0.0952. The molecule has 1 N–H and O–H groups in total. The molecular weight excluding hydrogens is 348 g/mol. The second-order valence-electron chi connectivity index (χ2n) is 5.49. The van der Waals surface area contributed by atoms with Crippen molar-refractivity contribution in [1.29, 1.82) is 0 Å². The number of benzene rings is 2. The van der Waals surface area contributed by atoms with Gasteiger partial charge in [0.15, 0.2) is 11.5 Å². The van der Waals surface area contributed by atoms with Gasteiger partial charge >= 0.3 is 5.97 Å². The highest BCUT2D eigenvalue weighted by Gasteiger charge is 2.15. The van der Waals surface area contributed by atoms with Gasteiger partial charge in [-0.05, 0) is 29.2 Å². The fourth-order valence-corrected chi connectivity index (χ4v) is 3.25. The summed E-state index contributed by atoms with van der Waals surface area (Å²) in [5.41, 5.74) is 1.90. The van der Waals surface area contributed by atoms with E-state index in [0.717, 1.165) is 5.56 Å². The lowest BCUT2D eigenvalue weighted by Gasteiger charge is -2.14. The monoisotopic (exact) mass is 366 g/mol. The minimum absolute atomic E-state index is 0.220. The topological polar surface area (TPSA) is 55.8 Å². The van der Waals surface area contributed by atoms with Gasteiger partial charge in [-0.1, -0.05) is 48.5 Å². The molecular formula is C21H18O4S. The number of methoxy groups -OCH3 is 1. The van der Waals surface area contributed by atoms with Crippen molar-refractivity contribution in [3.63, 3.8) is 0 Å². The third-order valence-electron chi connectivity index (χ3n) is 3.77. The number of hydrogen-bond donors (Lipinski definition) is 1. The van der Waals surface area contributed by atoms with Crippen LogP contribution in [0.2, 0.25) is 0 Å². The zero-order valence-electron chi connectivity index (χ0n) is 14.2. The molecule has 2 aromatic carbocycles. The molecule has 26 heavy (non-hydrogen) atoms. The van der Waals surface area contributed by atoms with Crippen LogP contribution in [0.3, 0.4) is 0 Å². The van der Waals surface area contributed by atoms with Crippen LogP contribution in [-0.2, 0) is 11.4 Å². The number of rotatable bonds is 7. The van der Waals surface area contributed by atoms with Crippen LogP contribution in [0.15, 0.2) is 66.0 Å². The third-order valence-corrected chi connectivity index (χ3v) is 4.68. The SMILES string of the molecule is COc1cccc(/C=C(\C(=O)O)c2cccs2)c1OCc1ccccc1. The molecule has 3 rings (SSSR count). The molecule has 132 valence electrons. The van der Waals surface area contributed by atoms with E-state index in [1.165, 1.54) is 11.3 Å². The van der Waals surface area contributed by atoms with Crippen LogP contribution in [-0.4, -0.2) is 18.2 Å². The average molecular weight is 366 g/mol. The normalized spacial score (nSPS) is 11.2. The molecule has 0 unspecified atom stereocenters. The van der Waals surface area contributed by atoms with Crippen molar-refractivity contribution in [2.75, 3.05) is 7.11 Å². The first-order valence-electron chi connectivity index (χ1n) is 8.01. The number of thiophene rings is 1. The van der Waals surface area contributed by atoms with E-state index in [9.17, 15) is 9.90 Å². The van der Waals surface area contributed by atoms with E-state index in [2.05, 4.69) is 0 Å². The lowest BCUT2D eigenvalue weighted by Crippen LogP contribution is -2.01. The molecule has 0 aliphatic carbocycles. The van der Waals surface area contributed by atoms with Crippen molar-refractivity contribution in [1.82, 2.24) is 0 Å². The van der Waals surface area contributed by atoms with Crippen molar-refractivity contribution in [3.8, 4) is 11.5 Å². The molecule has 3 aromatic rings. The highest BCUT2D eigenvalue weighted by atomic mass is 32.1. The summed E-state index contributed by atoms with van der Waals surface area (Å²) in [4.78, 5) is 12.4. The molecule has 0 aliphatic rings. The number of para-hydroxylation sites is 1. The second-order valence-corrected chi connectivity index (χ2v) is 6.44. The molecule has 1 aromatic heterocycles. The summed E-state index contributed by atoms with van der Waals surface area (Å²) in [7, 11) is 1.57. The highest BCUT2D eigenvalue weighted by Crippen LogP contribution is 2.35. The Morgan fingerprint density at radius 1 is 1.08 bits per heavy atom. The van der Waals surface area contributed by atoms with Crippen LogP contribution < -0.4 is 9.47 Å². The molecule has 5 heteroatoms. The number of carboxylic acids is 1. The Labute approximate surface area is 156 Å². The first kappa shape index (κ1) is 17.8. The number of carboxylic acid groups (broad SMARTS) is 1. The minimum atomic E-state index is -0.982. The zero-order valence-corrected chi connectivity index (χ0v) is 15.0. The molecule has 0 spiro atoms. The summed E-state index contributed by atoms with van der Waals surface area (Å²) < 4.78 is 11.4. The van der Waals surface area contributed by atoms with Crippen molar-refractivity contribution < 1.29 is 19.4 Å². The van der Waals surface area contributed by atoms with Gasteiger partial charge in [-0.15, -0.1) is 11.3 Å². The first-order chi connectivity index (χ1) is 12.7. The van der Waals surface area contributed by atoms with Crippen LogP contribution >= 0.6 is 11.3 Å². The van der Waals surface area contributed by atoms with Gasteiger partial charge in [-0.3, -0.25) is 0 Å². The van der Waals surface area contributed by atoms with Crippen LogP contribution in [0.1, 0.15) is 16.0 Å². The zero-order chi connectivity index (χ0) is 18.4. The van der Waals surface area contributed by atoms with Gasteiger partial charge in [0.05, 0.1) is 12.7 Å². The molecule has 1 heterocycles. The maximum atomic E-state index is 11.7. The maximum Gasteiger partial charge on any atom is 0.337 e. The molecule has 0 bridgehead atoms. The number of ether oxygens (including phenoxy) is 2. The standard InChI is InChI=1S/C21H18O4S/c1-24-18-10-5-9-16(13-17(21(22)23)19-11-6-12-26-19)20(18)25-14-15-7-3-2-4-8-15/h2-13H,14H2,1H3,(H,22,23)/b17-13-. The lowest BCUT2D eigenvalue weighted by atomic mass is 10.1. The van der Waals surface area contributed by atoms with Crippen LogP contribution in [0.25, 0.3) is 11.6 Å². The Balaban J connectivity index is 1.98. The van der Waals surface area contributed by atoms with E-state index in [4.69, 9.17) is 9.47 Å². The van der Waals surface area contributed by atoms with E-state index in [1.54, 1.807) is 25.3 Å². The predicted octanol–water partition coefficient (Wildman–Crippen LogP) is 4.96. The van der Waals surface area contributed by atoms with Crippen LogP contribution in [0, 0.1) is 0 Å². The number of aliphatic carboxylic acids is 1. The maximum absolute atomic E-state index is 11.7. The van der Waals surface area contributed by atoms with E-state index >= 15 is 0 Å². The Bertz CT molecular complexity index is 899. The number of carbonyl (C=O) groups is 1. The van der Waals surface area contributed by atoms with Crippen molar-refractivity contribution in [3.05, 3.63) is 82.0 Å². The quantitative estimate of drug-likeness (QED) is 0.601. The molecule has 0 saturated heterocycles. The van der Waals surface area contributed by atoms with E-state index < -0.39 is 5.97 Å².